The second kappa shape index (κ2) is 11.5. The van der Waals surface area contributed by atoms with E-state index >= 15 is 0 Å². The van der Waals surface area contributed by atoms with E-state index in [-0.39, 0.29) is 11.9 Å². The van der Waals surface area contributed by atoms with Gasteiger partial charge in [0.05, 0.1) is 18.9 Å². The van der Waals surface area contributed by atoms with Gasteiger partial charge >= 0.3 is 0 Å². The van der Waals surface area contributed by atoms with E-state index in [2.05, 4.69) is 15.6 Å². The van der Waals surface area contributed by atoms with Gasteiger partial charge in [-0.15, -0.1) is 0 Å². The summed E-state index contributed by atoms with van der Waals surface area (Å²) < 4.78 is 11.1. The van der Waals surface area contributed by atoms with Crippen molar-refractivity contribution in [2.75, 3.05) is 31.6 Å². The van der Waals surface area contributed by atoms with Crippen LogP contribution in [0, 0.1) is 0 Å². The number of nitrogens with two attached hydrogens (primary N) is 1. The molecule has 0 fully saturated rings. The van der Waals surface area contributed by atoms with Gasteiger partial charge in [0.1, 0.15) is 11.5 Å². The van der Waals surface area contributed by atoms with Gasteiger partial charge in [-0.1, -0.05) is 18.2 Å². The molecule has 0 atom stereocenters. The number of nitrogens with zero attached hydrogens (tertiary/aromatic N) is 1. The molecule has 2 rings (SSSR count). The van der Waals surface area contributed by atoms with E-state index in [1.165, 1.54) is 0 Å². The fraction of sp³-hybridized carbons (Fsp3) is 0.333. The Morgan fingerprint density at radius 2 is 1.82 bits per heavy atom. The van der Waals surface area contributed by atoms with Crippen molar-refractivity contribution in [1.29, 1.82) is 0 Å². The van der Waals surface area contributed by atoms with E-state index in [4.69, 9.17) is 15.2 Å². The number of carbonyl (C=O) groups is 1. The lowest BCUT2D eigenvalue weighted by atomic mass is 10.2. The summed E-state index contributed by atoms with van der Waals surface area (Å²) in [4.78, 5) is 16.3. The minimum absolute atomic E-state index is 0.0928. The highest BCUT2D eigenvalue weighted by molar-refractivity contribution is 5.94. The maximum absolute atomic E-state index is 12.0. The Bertz CT molecular complexity index is 778. The van der Waals surface area contributed by atoms with Crippen molar-refractivity contribution in [3.05, 3.63) is 54.1 Å². The van der Waals surface area contributed by atoms with E-state index in [0.717, 1.165) is 5.75 Å². The number of nitrogens with one attached hydrogen (secondary N) is 2. The van der Waals surface area contributed by atoms with Crippen LogP contribution in [0.5, 0.6) is 11.5 Å². The van der Waals surface area contributed by atoms with Gasteiger partial charge in [-0.05, 0) is 44.5 Å². The lowest BCUT2D eigenvalue weighted by Crippen LogP contribution is -2.26. The summed E-state index contributed by atoms with van der Waals surface area (Å²) in [6, 6.07) is 14.6. The molecule has 0 aromatic heterocycles. The first-order valence-electron chi connectivity index (χ1n) is 9.43. The van der Waals surface area contributed by atoms with Crippen LogP contribution in [0.1, 0.15) is 30.6 Å². The summed E-state index contributed by atoms with van der Waals surface area (Å²) in [7, 11) is 0. The highest BCUT2D eigenvalue weighted by atomic mass is 16.5. The largest absolute Gasteiger partial charge is 0.494 e. The van der Waals surface area contributed by atoms with Gasteiger partial charge in [-0.25, -0.2) is 0 Å². The number of benzene rings is 2. The molecule has 0 aliphatic carbocycles. The molecule has 2 aromatic rings. The van der Waals surface area contributed by atoms with Crippen molar-refractivity contribution in [1.82, 2.24) is 5.32 Å². The Morgan fingerprint density at radius 3 is 2.54 bits per heavy atom. The monoisotopic (exact) mass is 384 g/mol. The van der Waals surface area contributed by atoms with Crippen LogP contribution in [0.15, 0.2) is 53.5 Å². The minimum atomic E-state index is -0.0928. The third-order valence-corrected chi connectivity index (χ3v) is 3.76. The second-order valence-electron chi connectivity index (χ2n) is 5.89. The summed E-state index contributed by atoms with van der Waals surface area (Å²) in [6.07, 6.45) is 0.679. The van der Waals surface area contributed by atoms with Gasteiger partial charge < -0.3 is 25.8 Å². The van der Waals surface area contributed by atoms with Crippen LogP contribution in [0.25, 0.3) is 0 Å². The summed E-state index contributed by atoms with van der Waals surface area (Å²) in [6.45, 7) is 5.97. The average Bonchev–Trinajstić information content (AvgIpc) is 2.70. The Kier molecular flexibility index (Phi) is 8.65. The number of guanidine groups is 1. The molecule has 0 saturated carbocycles. The Morgan fingerprint density at radius 1 is 1.07 bits per heavy atom. The van der Waals surface area contributed by atoms with Crippen LogP contribution < -0.4 is 25.8 Å². The normalized spacial score (nSPS) is 11.0. The van der Waals surface area contributed by atoms with E-state index in [1.54, 1.807) is 12.1 Å². The zero-order chi connectivity index (χ0) is 20.2. The minimum Gasteiger partial charge on any atom is -0.494 e. The molecule has 0 aliphatic rings. The third-order valence-electron chi connectivity index (χ3n) is 3.76. The molecule has 0 aliphatic heterocycles. The van der Waals surface area contributed by atoms with E-state index < -0.39 is 0 Å². The van der Waals surface area contributed by atoms with Gasteiger partial charge in [-0.2, -0.15) is 0 Å². The summed E-state index contributed by atoms with van der Waals surface area (Å²) in [5, 5.41) is 5.92. The first-order valence-corrected chi connectivity index (χ1v) is 9.43. The molecule has 2 aromatic carbocycles. The predicted molar refractivity (Wildman–Crippen MR) is 112 cm³/mol. The van der Waals surface area contributed by atoms with Gasteiger partial charge in [0.25, 0.3) is 5.91 Å². The summed E-state index contributed by atoms with van der Waals surface area (Å²) in [5.41, 5.74) is 7.33. The number of hydrogen-bond donors (Lipinski definition) is 3. The van der Waals surface area contributed by atoms with E-state index in [9.17, 15) is 4.79 Å². The molecule has 150 valence electrons. The van der Waals surface area contributed by atoms with Gasteiger partial charge in [0.15, 0.2) is 5.96 Å². The highest BCUT2D eigenvalue weighted by Crippen LogP contribution is 2.29. The smallest absolute Gasteiger partial charge is 0.251 e. The van der Waals surface area contributed by atoms with Crippen LogP contribution in [0.3, 0.4) is 0 Å². The van der Waals surface area contributed by atoms with Crippen molar-refractivity contribution in [2.24, 2.45) is 10.7 Å². The number of aliphatic imine (C=N–C) groups is 1. The number of carbonyl (C=O) groups excluding carboxylic acids is 1. The lowest BCUT2D eigenvalue weighted by Gasteiger charge is -2.14. The molecule has 1 amide bonds. The lowest BCUT2D eigenvalue weighted by molar-refractivity contribution is 0.0953. The van der Waals surface area contributed by atoms with Crippen LogP contribution in [0.2, 0.25) is 0 Å². The van der Waals surface area contributed by atoms with Gasteiger partial charge in [0, 0.05) is 24.7 Å². The standard InChI is InChI=1S/C21H28N4O3/c1-3-27-17-11-12-19(28-4-2)18(15-17)25-21(22)24-14-8-13-23-20(26)16-9-6-5-7-10-16/h5-7,9-12,15H,3-4,8,13-14H2,1-2H3,(H,23,26)(H3,22,24,25). The fourth-order valence-corrected chi connectivity index (χ4v) is 2.49. The van der Waals surface area contributed by atoms with Crippen molar-refractivity contribution in [3.8, 4) is 11.5 Å². The van der Waals surface area contributed by atoms with Crippen LogP contribution >= 0.6 is 0 Å². The quantitative estimate of drug-likeness (QED) is 0.332. The maximum atomic E-state index is 12.0. The number of ether oxygens (including phenoxy) is 2. The molecule has 0 radical (unpaired) electrons. The molecule has 28 heavy (non-hydrogen) atoms. The molecular formula is C21H28N4O3. The number of amides is 1. The fourth-order valence-electron chi connectivity index (χ4n) is 2.49. The zero-order valence-corrected chi connectivity index (χ0v) is 16.4. The number of rotatable bonds is 10. The Hall–Kier alpha value is -3.22. The highest BCUT2D eigenvalue weighted by Gasteiger charge is 2.07. The van der Waals surface area contributed by atoms with Crippen molar-refractivity contribution >= 4 is 17.6 Å². The molecule has 7 nitrogen and oxygen atoms in total. The van der Waals surface area contributed by atoms with Crippen LogP contribution in [-0.4, -0.2) is 38.2 Å². The number of anilines is 1. The Labute approximate surface area is 165 Å². The first kappa shape index (κ1) is 21.1. The molecule has 0 saturated heterocycles. The van der Waals surface area contributed by atoms with Crippen LogP contribution in [0.4, 0.5) is 5.69 Å². The van der Waals surface area contributed by atoms with Crippen molar-refractivity contribution in [3.63, 3.8) is 0 Å². The Balaban J connectivity index is 1.83. The first-order chi connectivity index (χ1) is 13.6. The summed E-state index contributed by atoms with van der Waals surface area (Å²) in [5.74, 6) is 1.60. The maximum Gasteiger partial charge on any atom is 0.251 e. The molecule has 0 heterocycles. The molecule has 4 N–H and O–H groups in total. The molecule has 0 spiro atoms. The SMILES string of the molecule is CCOc1ccc(OCC)c(NC(N)=NCCCNC(=O)c2ccccc2)c1. The summed E-state index contributed by atoms with van der Waals surface area (Å²) >= 11 is 0. The topological polar surface area (TPSA) is 98.0 Å². The second-order valence-corrected chi connectivity index (χ2v) is 5.89. The predicted octanol–water partition coefficient (Wildman–Crippen LogP) is 3.03. The van der Waals surface area contributed by atoms with Gasteiger partial charge in [-0.3, -0.25) is 9.79 Å². The molecular weight excluding hydrogens is 356 g/mol. The average molecular weight is 384 g/mol. The van der Waals surface area contributed by atoms with Crippen molar-refractivity contribution in [2.45, 2.75) is 20.3 Å². The van der Waals surface area contributed by atoms with E-state index in [0.29, 0.717) is 49.7 Å². The zero-order valence-electron chi connectivity index (χ0n) is 16.4. The number of hydrogen-bond acceptors (Lipinski definition) is 4. The van der Waals surface area contributed by atoms with E-state index in [1.807, 2.05) is 50.2 Å². The van der Waals surface area contributed by atoms with Crippen molar-refractivity contribution < 1.29 is 14.3 Å². The molecule has 7 heteroatoms. The van der Waals surface area contributed by atoms with Crippen LogP contribution in [-0.2, 0) is 0 Å². The van der Waals surface area contributed by atoms with Gasteiger partial charge in [0.2, 0.25) is 0 Å². The molecule has 0 bridgehead atoms. The third kappa shape index (κ3) is 6.83. The molecule has 0 unspecified atom stereocenters.